The van der Waals surface area contributed by atoms with Gasteiger partial charge in [-0.25, -0.2) is 4.79 Å². The number of hydrogen-bond acceptors (Lipinski definition) is 5. The lowest BCUT2D eigenvalue weighted by molar-refractivity contribution is 0.0690. The number of carboxylic acids is 1. The number of aromatic nitrogens is 2. The Hall–Kier alpha value is -3.03. The Kier molecular flexibility index (Phi) is 4.07. The Labute approximate surface area is 119 Å². The monoisotopic (exact) mass is 291 g/mol. The van der Waals surface area contributed by atoms with Crippen LogP contribution in [-0.2, 0) is 0 Å². The van der Waals surface area contributed by atoms with Gasteiger partial charge in [-0.05, 0) is 12.1 Å². The van der Waals surface area contributed by atoms with Crippen LogP contribution in [0.5, 0.6) is 11.5 Å². The van der Waals surface area contributed by atoms with Gasteiger partial charge >= 0.3 is 5.97 Å². The van der Waals surface area contributed by atoms with E-state index < -0.39 is 11.9 Å². The molecule has 1 aromatic carbocycles. The predicted octanol–water partition coefficient (Wildman–Crippen LogP) is 1.38. The third kappa shape index (κ3) is 3.30. The van der Waals surface area contributed by atoms with Crippen LogP contribution in [0.15, 0.2) is 24.3 Å². The van der Waals surface area contributed by atoms with Gasteiger partial charge in [-0.2, -0.15) is 5.10 Å². The van der Waals surface area contributed by atoms with E-state index in [0.717, 1.165) is 0 Å². The third-order valence-corrected chi connectivity index (χ3v) is 2.66. The van der Waals surface area contributed by atoms with E-state index in [-0.39, 0.29) is 11.5 Å². The highest BCUT2D eigenvalue weighted by Gasteiger charge is 2.13. The minimum atomic E-state index is -1.16. The lowest BCUT2D eigenvalue weighted by Gasteiger charge is -2.08. The Morgan fingerprint density at radius 1 is 1.14 bits per heavy atom. The molecule has 0 fully saturated rings. The number of carbonyl (C=O) groups is 2. The van der Waals surface area contributed by atoms with Crippen molar-refractivity contribution in [2.45, 2.75) is 0 Å². The Balaban J connectivity index is 2.21. The molecule has 2 rings (SSSR count). The van der Waals surface area contributed by atoms with Crippen LogP contribution in [0.1, 0.15) is 20.8 Å². The second-order valence-electron chi connectivity index (χ2n) is 4.03. The zero-order chi connectivity index (χ0) is 15.4. The number of carboxylic acid groups (broad SMARTS) is 1. The molecule has 0 aliphatic carbocycles. The number of nitrogens with zero attached hydrogens (tertiary/aromatic N) is 1. The SMILES string of the molecule is COc1cc(OC)cc(C(=O)Nc2cc(C(=O)O)[nH]n2)c1. The quantitative estimate of drug-likeness (QED) is 0.766. The molecule has 3 N–H and O–H groups in total. The Morgan fingerprint density at radius 2 is 1.76 bits per heavy atom. The number of methoxy groups -OCH3 is 2. The first-order chi connectivity index (χ1) is 10.0. The number of anilines is 1. The maximum atomic E-state index is 12.1. The van der Waals surface area contributed by atoms with Crippen molar-refractivity contribution >= 4 is 17.7 Å². The van der Waals surface area contributed by atoms with E-state index in [9.17, 15) is 9.59 Å². The molecule has 0 atom stereocenters. The van der Waals surface area contributed by atoms with Crippen LogP contribution in [0.3, 0.4) is 0 Å². The normalized spacial score (nSPS) is 10.0. The fourth-order valence-corrected chi connectivity index (χ4v) is 1.62. The fourth-order valence-electron chi connectivity index (χ4n) is 1.62. The minimum Gasteiger partial charge on any atom is -0.497 e. The molecule has 1 heterocycles. The molecular weight excluding hydrogens is 278 g/mol. The van der Waals surface area contributed by atoms with Crippen molar-refractivity contribution in [3.8, 4) is 11.5 Å². The van der Waals surface area contributed by atoms with E-state index in [2.05, 4.69) is 15.5 Å². The highest BCUT2D eigenvalue weighted by Crippen LogP contribution is 2.23. The number of ether oxygens (including phenoxy) is 2. The molecule has 8 nitrogen and oxygen atoms in total. The van der Waals surface area contributed by atoms with Crippen LogP contribution in [0.4, 0.5) is 5.82 Å². The largest absolute Gasteiger partial charge is 0.497 e. The Bertz CT molecular complexity index is 658. The highest BCUT2D eigenvalue weighted by atomic mass is 16.5. The summed E-state index contributed by atoms with van der Waals surface area (Å²) in [6.07, 6.45) is 0. The zero-order valence-electron chi connectivity index (χ0n) is 11.3. The topological polar surface area (TPSA) is 114 Å². The number of aromatic amines is 1. The second-order valence-corrected chi connectivity index (χ2v) is 4.03. The van der Waals surface area contributed by atoms with Crippen LogP contribution in [-0.4, -0.2) is 41.4 Å². The van der Waals surface area contributed by atoms with Crippen molar-refractivity contribution in [1.82, 2.24) is 10.2 Å². The van der Waals surface area contributed by atoms with E-state index in [1.54, 1.807) is 6.07 Å². The van der Waals surface area contributed by atoms with E-state index in [4.69, 9.17) is 14.6 Å². The van der Waals surface area contributed by atoms with Gasteiger partial charge in [-0.15, -0.1) is 0 Å². The van der Waals surface area contributed by atoms with Crippen molar-refractivity contribution < 1.29 is 24.2 Å². The lowest BCUT2D eigenvalue weighted by atomic mass is 10.2. The van der Waals surface area contributed by atoms with Gasteiger partial charge in [0, 0.05) is 17.7 Å². The second kappa shape index (κ2) is 5.95. The standard InChI is InChI=1S/C13H13N3O5/c1-20-8-3-7(4-9(5-8)21-2)12(17)14-11-6-10(13(18)19)15-16-11/h3-6H,1-2H3,(H,18,19)(H2,14,15,16,17). The Morgan fingerprint density at radius 3 is 2.24 bits per heavy atom. The molecule has 0 bridgehead atoms. The number of H-pyrrole nitrogens is 1. The van der Waals surface area contributed by atoms with Crippen LogP contribution >= 0.6 is 0 Å². The van der Waals surface area contributed by atoms with Crippen molar-refractivity contribution in [2.24, 2.45) is 0 Å². The number of amides is 1. The molecule has 0 aliphatic rings. The van der Waals surface area contributed by atoms with Gasteiger partial charge in [-0.1, -0.05) is 0 Å². The summed E-state index contributed by atoms with van der Waals surface area (Å²) in [5, 5.41) is 17.2. The first kappa shape index (κ1) is 14.4. The fraction of sp³-hybridized carbons (Fsp3) is 0.154. The van der Waals surface area contributed by atoms with Gasteiger partial charge in [0.05, 0.1) is 14.2 Å². The zero-order valence-corrected chi connectivity index (χ0v) is 11.3. The van der Waals surface area contributed by atoms with Crippen LogP contribution < -0.4 is 14.8 Å². The van der Waals surface area contributed by atoms with Crippen LogP contribution in [0, 0.1) is 0 Å². The molecule has 0 unspecified atom stereocenters. The van der Waals surface area contributed by atoms with Crippen molar-refractivity contribution in [3.05, 3.63) is 35.5 Å². The minimum absolute atomic E-state index is 0.110. The summed E-state index contributed by atoms with van der Waals surface area (Å²) < 4.78 is 10.1. The molecule has 2 aromatic rings. The summed E-state index contributed by atoms with van der Waals surface area (Å²) in [6.45, 7) is 0. The molecule has 8 heteroatoms. The molecule has 1 amide bonds. The first-order valence-electron chi connectivity index (χ1n) is 5.86. The molecule has 0 saturated carbocycles. The van der Waals surface area contributed by atoms with Crippen molar-refractivity contribution in [1.29, 1.82) is 0 Å². The highest BCUT2D eigenvalue weighted by molar-refractivity contribution is 6.04. The van der Waals surface area contributed by atoms with Crippen LogP contribution in [0.25, 0.3) is 0 Å². The average Bonchev–Trinajstić information content (AvgIpc) is 2.95. The average molecular weight is 291 g/mol. The molecule has 0 spiro atoms. The maximum Gasteiger partial charge on any atom is 0.353 e. The van der Waals surface area contributed by atoms with Gasteiger partial charge in [0.15, 0.2) is 5.82 Å². The lowest BCUT2D eigenvalue weighted by Crippen LogP contribution is -2.12. The number of carbonyl (C=O) groups excluding carboxylic acids is 1. The molecule has 0 aliphatic heterocycles. The number of nitrogens with one attached hydrogen (secondary N) is 2. The maximum absolute atomic E-state index is 12.1. The molecular formula is C13H13N3O5. The number of benzene rings is 1. The summed E-state index contributed by atoms with van der Waals surface area (Å²) in [4.78, 5) is 22.8. The summed E-state index contributed by atoms with van der Waals surface area (Å²) in [5.41, 5.74) is 0.180. The molecule has 110 valence electrons. The van der Waals surface area contributed by atoms with Crippen molar-refractivity contribution in [2.75, 3.05) is 19.5 Å². The molecule has 21 heavy (non-hydrogen) atoms. The van der Waals surface area contributed by atoms with Crippen LogP contribution in [0.2, 0.25) is 0 Å². The molecule has 1 aromatic heterocycles. The first-order valence-corrected chi connectivity index (χ1v) is 5.86. The molecule has 0 radical (unpaired) electrons. The van der Waals surface area contributed by atoms with E-state index in [1.165, 1.54) is 32.4 Å². The summed E-state index contributed by atoms with van der Waals surface area (Å²) >= 11 is 0. The van der Waals surface area contributed by atoms with Gasteiger partial charge in [-0.3, -0.25) is 9.89 Å². The van der Waals surface area contributed by atoms with Gasteiger partial charge in [0.25, 0.3) is 5.91 Å². The summed E-state index contributed by atoms with van der Waals surface area (Å²) in [5.74, 6) is -0.582. The third-order valence-electron chi connectivity index (χ3n) is 2.66. The number of hydrogen-bond donors (Lipinski definition) is 3. The van der Waals surface area contributed by atoms with Gasteiger partial charge < -0.3 is 19.9 Å². The van der Waals surface area contributed by atoms with E-state index in [1.807, 2.05) is 0 Å². The summed E-state index contributed by atoms with van der Waals surface area (Å²) in [7, 11) is 2.95. The number of rotatable bonds is 5. The molecule has 0 saturated heterocycles. The van der Waals surface area contributed by atoms with Gasteiger partial charge in [0.1, 0.15) is 17.2 Å². The van der Waals surface area contributed by atoms with E-state index in [0.29, 0.717) is 17.1 Å². The number of aromatic carboxylic acids is 1. The summed E-state index contributed by atoms with van der Waals surface area (Å²) in [6, 6.07) is 5.91. The van der Waals surface area contributed by atoms with Crippen molar-refractivity contribution in [3.63, 3.8) is 0 Å². The van der Waals surface area contributed by atoms with Gasteiger partial charge in [0.2, 0.25) is 0 Å². The predicted molar refractivity (Wildman–Crippen MR) is 73.0 cm³/mol. The van der Waals surface area contributed by atoms with E-state index >= 15 is 0 Å². The smallest absolute Gasteiger partial charge is 0.353 e.